The number of benzene rings is 1. The molecule has 106 valence electrons. The molecule has 21 heavy (non-hydrogen) atoms. The van der Waals surface area contributed by atoms with Crippen LogP contribution in [0.4, 0.5) is 11.5 Å². The van der Waals surface area contributed by atoms with Crippen molar-refractivity contribution in [3.05, 3.63) is 53.7 Å². The van der Waals surface area contributed by atoms with Crippen molar-refractivity contribution in [1.82, 2.24) is 4.98 Å². The summed E-state index contributed by atoms with van der Waals surface area (Å²) in [6.45, 7) is 2.87. The van der Waals surface area contributed by atoms with Crippen LogP contribution in [-0.4, -0.2) is 17.4 Å². The first-order chi connectivity index (χ1) is 10.2. The van der Waals surface area contributed by atoms with Gasteiger partial charge in [0, 0.05) is 24.0 Å². The molecule has 1 heterocycles. The van der Waals surface area contributed by atoms with Crippen LogP contribution in [0.3, 0.4) is 0 Å². The highest BCUT2D eigenvalue weighted by Gasteiger charge is 2.07. The first-order valence-corrected chi connectivity index (χ1v) is 6.74. The fourth-order valence-corrected chi connectivity index (χ4v) is 1.79. The van der Waals surface area contributed by atoms with Gasteiger partial charge in [-0.15, -0.1) is 0 Å². The summed E-state index contributed by atoms with van der Waals surface area (Å²) in [5.74, 6) is 0.447. The largest absolute Gasteiger partial charge is 0.370 e. The number of nitriles is 1. The van der Waals surface area contributed by atoms with Crippen LogP contribution < -0.4 is 10.6 Å². The van der Waals surface area contributed by atoms with E-state index in [1.165, 1.54) is 0 Å². The molecule has 2 aromatic rings. The lowest BCUT2D eigenvalue weighted by Gasteiger charge is -2.08. The highest BCUT2D eigenvalue weighted by atomic mass is 16.1. The molecule has 0 aliphatic heterocycles. The van der Waals surface area contributed by atoms with Crippen molar-refractivity contribution in [3.63, 3.8) is 0 Å². The minimum Gasteiger partial charge on any atom is -0.370 e. The lowest BCUT2D eigenvalue weighted by molar-refractivity contribution is 0.102. The maximum Gasteiger partial charge on any atom is 0.255 e. The predicted molar refractivity (Wildman–Crippen MR) is 82.1 cm³/mol. The van der Waals surface area contributed by atoms with E-state index in [1.54, 1.807) is 42.6 Å². The number of anilines is 2. The van der Waals surface area contributed by atoms with E-state index in [2.05, 4.69) is 22.5 Å². The van der Waals surface area contributed by atoms with Gasteiger partial charge in [0.15, 0.2) is 0 Å². The Morgan fingerprint density at radius 2 is 2.19 bits per heavy atom. The minimum atomic E-state index is -0.230. The first kappa shape index (κ1) is 14.5. The summed E-state index contributed by atoms with van der Waals surface area (Å²) < 4.78 is 0. The molecular formula is C16H16N4O. The molecule has 1 aromatic carbocycles. The van der Waals surface area contributed by atoms with Crippen LogP contribution in [0.5, 0.6) is 0 Å². The van der Waals surface area contributed by atoms with Gasteiger partial charge in [0.05, 0.1) is 11.6 Å². The van der Waals surface area contributed by atoms with Crippen molar-refractivity contribution in [3.8, 4) is 6.07 Å². The molecule has 0 spiro atoms. The summed E-state index contributed by atoms with van der Waals surface area (Å²) >= 11 is 0. The van der Waals surface area contributed by atoms with Gasteiger partial charge in [0.25, 0.3) is 5.91 Å². The third-order valence-electron chi connectivity index (χ3n) is 2.83. The molecule has 0 atom stereocenters. The van der Waals surface area contributed by atoms with Gasteiger partial charge in [-0.05, 0) is 36.8 Å². The summed E-state index contributed by atoms with van der Waals surface area (Å²) in [6.07, 6.45) is 2.58. The van der Waals surface area contributed by atoms with Crippen LogP contribution in [0.25, 0.3) is 0 Å². The molecule has 2 N–H and O–H groups in total. The SMILES string of the molecule is CCCNc1cc(C(=O)Nc2cccc(C#N)c2)ccn1. The summed E-state index contributed by atoms with van der Waals surface area (Å²) in [5, 5.41) is 14.8. The second kappa shape index (κ2) is 7.06. The number of rotatable bonds is 5. The van der Waals surface area contributed by atoms with Crippen LogP contribution in [-0.2, 0) is 0 Å². The second-order valence-corrected chi connectivity index (χ2v) is 4.50. The lowest BCUT2D eigenvalue weighted by atomic mass is 10.2. The Labute approximate surface area is 123 Å². The number of nitrogens with zero attached hydrogens (tertiary/aromatic N) is 2. The van der Waals surface area contributed by atoms with E-state index in [0.717, 1.165) is 13.0 Å². The van der Waals surface area contributed by atoms with E-state index in [9.17, 15) is 4.79 Å². The highest BCUT2D eigenvalue weighted by molar-refractivity contribution is 6.04. The van der Waals surface area contributed by atoms with E-state index in [-0.39, 0.29) is 5.91 Å². The van der Waals surface area contributed by atoms with Gasteiger partial charge in [-0.25, -0.2) is 4.98 Å². The van der Waals surface area contributed by atoms with Crippen molar-refractivity contribution < 1.29 is 4.79 Å². The average molecular weight is 280 g/mol. The maximum absolute atomic E-state index is 12.2. The van der Waals surface area contributed by atoms with Crippen LogP contribution in [0.2, 0.25) is 0 Å². The van der Waals surface area contributed by atoms with Crippen LogP contribution >= 0.6 is 0 Å². The number of amides is 1. The van der Waals surface area contributed by atoms with E-state index in [0.29, 0.717) is 22.6 Å². The summed E-state index contributed by atoms with van der Waals surface area (Å²) in [4.78, 5) is 16.3. The number of hydrogen-bond acceptors (Lipinski definition) is 4. The van der Waals surface area contributed by atoms with Crippen LogP contribution in [0, 0.1) is 11.3 Å². The molecule has 5 heteroatoms. The third kappa shape index (κ3) is 4.05. The van der Waals surface area contributed by atoms with Gasteiger partial charge in [0.2, 0.25) is 0 Å². The molecule has 2 rings (SSSR count). The Kier molecular flexibility index (Phi) is 4.89. The maximum atomic E-state index is 12.2. The Bertz CT molecular complexity index is 676. The zero-order valence-corrected chi connectivity index (χ0v) is 11.8. The summed E-state index contributed by atoms with van der Waals surface area (Å²) in [6, 6.07) is 12.2. The molecule has 0 fully saturated rings. The molecular weight excluding hydrogens is 264 g/mol. The smallest absolute Gasteiger partial charge is 0.255 e. The van der Waals surface area contributed by atoms with Gasteiger partial charge in [-0.3, -0.25) is 4.79 Å². The van der Waals surface area contributed by atoms with Gasteiger partial charge < -0.3 is 10.6 Å². The van der Waals surface area contributed by atoms with E-state index in [4.69, 9.17) is 5.26 Å². The molecule has 0 radical (unpaired) electrons. The Morgan fingerprint density at radius 1 is 1.33 bits per heavy atom. The van der Waals surface area contributed by atoms with E-state index >= 15 is 0 Å². The molecule has 0 unspecified atom stereocenters. The number of hydrogen-bond donors (Lipinski definition) is 2. The first-order valence-electron chi connectivity index (χ1n) is 6.74. The molecule has 0 aliphatic rings. The monoisotopic (exact) mass is 280 g/mol. The zero-order valence-electron chi connectivity index (χ0n) is 11.8. The molecule has 0 saturated carbocycles. The van der Waals surface area contributed by atoms with Crippen LogP contribution in [0.15, 0.2) is 42.6 Å². The Hall–Kier alpha value is -2.87. The number of carbonyl (C=O) groups is 1. The molecule has 0 saturated heterocycles. The Morgan fingerprint density at radius 3 is 2.95 bits per heavy atom. The van der Waals surface area contributed by atoms with Crippen molar-refractivity contribution >= 4 is 17.4 Å². The van der Waals surface area contributed by atoms with E-state index in [1.807, 2.05) is 6.07 Å². The topological polar surface area (TPSA) is 77.8 Å². The van der Waals surface area contributed by atoms with Crippen molar-refractivity contribution in [1.29, 1.82) is 5.26 Å². The predicted octanol–water partition coefficient (Wildman–Crippen LogP) is 3.03. The molecule has 1 amide bonds. The average Bonchev–Trinajstić information content (AvgIpc) is 2.53. The zero-order chi connectivity index (χ0) is 15.1. The van der Waals surface area contributed by atoms with Gasteiger partial charge in [-0.2, -0.15) is 5.26 Å². The fraction of sp³-hybridized carbons (Fsp3) is 0.188. The molecule has 0 aliphatic carbocycles. The van der Waals surface area contributed by atoms with Gasteiger partial charge >= 0.3 is 0 Å². The molecule has 0 bridgehead atoms. The standard InChI is InChI=1S/C16H16N4O/c1-2-7-18-15-10-13(6-8-19-15)16(21)20-14-5-3-4-12(9-14)11-17/h3-6,8-10H,2,7H2,1H3,(H,18,19)(H,20,21). The highest BCUT2D eigenvalue weighted by Crippen LogP contribution is 2.13. The summed E-state index contributed by atoms with van der Waals surface area (Å²) in [5.41, 5.74) is 1.62. The number of carbonyl (C=O) groups excluding carboxylic acids is 1. The number of nitrogens with one attached hydrogen (secondary N) is 2. The second-order valence-electron chi connectivity index (χ2n) is 4.50. The van der Waals surface area contributed by atoms with Gasteiger partial charge in [0.1, 0.15) is 5.82 Å². The molecule has 1 aromatic heterocycles. The van der Waals surface area contributed by atoms with Crippen molar-refractivity contribution in [2.75, 3.05) is 17.2 Å². The molecule has 5 nitrogen and oxygen atoms in total. The normalized spacial score (nSPS) is 9.71. The number of pyridine rings is 1. The third-order valence-corrected chi connectivity index (χ3v) is 2.83. The van der Waals surface area contributed by atoms with Gasteiger partial charge in [-0.1, -0.05) is 13.0 Å². The van der Waals surface area contributed by atoms with E-state index < -0.39 is 0 Å². The minimum absolute atomic E-state index is 0.230. The Balaban J connectivity index is 2.11. The lowest BCUT2D eigenvalue weighted by Crippen LogP contribution is -2.13. The number of aromatic nitrogens is 1. The van der Waals surface area contributed by atoms with Crippen LogP contribution in [0.1, 0.15) is 29.3 Å². The summed E-state index contributed by atoms with van der Waals surface area (Å²) in [7, 11) is 0. The van der Waals surface area contributed by atoms with Crippen molar-refractivity contribution in [2.24, 2.45) is 0 Å². The quantitative estimate of drug-likeness (QED) is 0.882. The fourth-order valence-electron chi connectivity index (χ4n) is 1.79. The van der Waals surface area contributed by atoms with Crippen molar-refractivity contribution in [2.45, 2.75) is 13.3 Å².